The smallest absolute Gasteiger partial charge is 0.252 e. The summed E-state index contributed by atoms with van der Waals surface area (Å²) in [5.41, 5.74) is 5.01. The molecule has 0 atom stereocenters. The lowest BCUT2D eigenvalue weighted by Gasteiger charge is -2.17. The summed E-state index contributed by atoms with van der Waals surface area (Å²) in [6, 6.07) is 22.3. The van der Waals surface area contributed by atoms with Crippen LogP contribution in [0.15, 0.2) is 84.0 Å². The molecule has 0 bridgehead atoms. The van der Waals surface area contributed by atoms with Crippen molar-refractivity contribution in [3.63, 3.8) is 0 Å². The van der Waals surface area contributed by atoms with Gasteiger partial charge in [-0.1, -0.05) is 30.3 Å². The van der Waals surface area contributed by atoms with Gasteiger partial charge in [0.1, 0.15) is 5.65 Å². The van der Waals surface area contributed by atoms with E-state index in [9.17, 15) is 4.79 Å². The summed E-state index contributed by atoms with van der Waals surface area (Å²) in [5, 5.41) is 3.08. The first-order valence-corrected chi connectivity index (χ1v) is 12.0. The lowest BCUT2D eigenvalue weighted by molar-refractivity contribution is 0.0948. The number of anilines is 1. The van der Waals surface area contributed by atoms with Gasteiger partial charge in [0.2, 0.25) is 0 Å². The fourth-order valence-electron chi connectivity index (χ4n) is 4.07. The maximum Gasteiger partial charge on any atom is 0.252 e. The van der Waals surface area contributed by atoms with E-state index in [1.54, 1.807) is 11.8 Å². The minimum atomic E-state index is -0.0493. The minimum absolute atomic E-state index is 0.0493. The van der Waals surface area contributed by atoms with E-state index in [-0.39, 0.29) is 5.91 Å². The van der Waals surface area contributed by atoms with Crippen LogP contribution >= 0.6 is 11.8 Å². The molecule has 0 radical (unpaired) electrons. The van der Waals surface area contributed by atoms with Gasteiger partial charge in [0.15, 0.2) is 0 Å². The van der Waals surface area contributed by atoms with Crippen LogP contribution < -0.4 is 10.2 Å². The molecule has 1 N–H and O–H groups in total. The quantitative estimate of drug-likeness (QED) is 0.402. The van der Waals surface area contributed by atoms with Gasteiger partial charge in [0.05, 0.1) is 11.3 Å². The number of nitrogens with one attached hydrogen (secondary N) is 1. The molecule has 32 heavy (non-hydrogen) atoms. The summed E-state index contributed by atoms with van der Waals surface area (Å²) >= 11 is 1.64. The van der Waals surface area contributed by atoms with Gasteiger partial charge in [-0.2, -0.15) is 0 Å². The molecule has 1 fully saturated rings. The molecule has 162 valence electrons. The molecule has 5 rings (SSSR count). The Morgan fingerprint density at radius 1 is 0.969 bits per heavy atom. The Morgan fingerprint density at radius 2 is 1.75 bits per heavy atom. The number of carbonyl (C=O) groups excluding carboxylic acids is 1. The Labute approximate surface area is 192 Å². The van der Waals surface area contributed by atoms with Gasteiger partial charge in [-0.3, -0.25) is 4.79 Å². The summed E-state index contributed by atoms with van der Waals surface area (Å²) in [4.78, 5) is 20.9. The number of aromatic nitrogens is 2. The highest BCUT2D eigenvalue weighted by molar-refractivity contribution is 7.98. The molecule has 0 unspecified atom stereocenters. The number of hydrogen-bond donors (Lipinski definition) is 1. The number of benzene rings is 2. The van der Waals surface area contributed by atoms with Crippen LogP contribution in [0.4, 0.5) is 5.69 Å². The molecule has 1 saturated heterocycles. The van der Waals surface area contributed by atoms with Gasteiger partial charge >= 0.3 is 0 Å². The molecular weight excluding hydrogens is 416 g/mol. The Kier molecular flexibility index (Phi) is 6.12. The number of hydrogen-bond acceptors (Lipinski definition) is 4. The topological polar surface area (TPSA) is 49.6 Å². The van der Waals surface area contributed by atoms with Gasteiger partial charge in [0.25, 0.3) is 5.91 Å². The number of amides is 1. The van der Waals surface area contributed by atoms with Crippen molar-refractivity contribution in [1.29, 1.82) is 0 Å². The zero-order valence-electron chi connectivity index (χ0n) is 17.9. The normalized spacial score (nSPS) is 13.6. The second-order valence-corrected chi connectivity index (χ2v) is 9.04. The third-order valence-corrected chi connectivity index (χ3v) is 6.89. The van der Waals surface area contributed by atoms with Crippen molar-refractivity contribution in [3.8, 4) is 0 Å². The molecule has 0 saturated carbocycles. The predicted octanol–water partition coefficient (Wildman–Crippen LogP) is 5.16. The molecule has 5 nitrogen and oxygen atoms in total. The SMILES string of the molecule is O=C(NCc1ccc(N2CCCC2)cc1)c1ccccc1SCc1cn2ccccc2n1. The van der Waals surface area contributed by atoms with Crippen molar-refractivity contribution in [2.24, 2.45) is 0 Å². The van der Waals surface area contributed by atoms with Crippen molar-refractivity contribution < 1.29 is 4.79 Å². The molecule has 2 aromatic carbocycles. The van der Waals surface area contributed by atoms with Gasteiger partial charge in [-0.25, -0.2) is 4.98 Å². The summed E-state index contributed by atoms with van der Waals surface area (Å²) in [5.74, 6) is 0.663. The standard InChI is InChI=1S/C26H26N4OS/c31-26(27-17-20-10-12-22(13-11-20)29-14-5-6-15-29)23-7-1-2-8-24(23)32-19-21-18-30-16-4-3-9-25(30)28-21/h1-4,7-13,16,18H,5-6,14-15,17,19H2,(H,27,31). The molecule has 1 aliphatic rings. The average molecular weight is 443 g/mol. The zero-order chi connectivity index (χ0) is 21.8. The lowest BCUT2D eigenvalue weighted by Crippen LogP contribution is -2.23. The summed E-state index contributed by atoms with van der Waals surface area (Å²) < 4.78 is 2.02. The van der Waals surface area contributed by atoms with Crippen molar-refractivity contribution in [2.75, 3.05) is 18.0 Å². The van der Waals surface area contributed by atoms with Crippen molar-refractivity contribution in [1.82, 2.24) is 14.7 Å². The van der Waals surface area contributed by atoms with E-state index in [1.807, 2.05) is 59.3 Å². The van der Waals surface area contributed by atoms with Gasteiger partial charge in [-0.15, -0.1) is 11.8 Å². The Morgan fingerprint density at radius 3 is 2.56 bits per heavy atom. The van der Waals surface area contributed by atoms with Crippen LogP contribution in [0.3, 0.4) is 0 Å². The van der Waals surface area contributed by atoms with E-state index in [1.165, 1.54) is 18.5 Å². The first kappa shape index (κ1) is 20.6. The third kappa shape index (κ3) is 4.65. The van der Waals surface area contributed by atoms with Crippen LogP contribution in [0, 0.1) is 0 Å². The number of pyridine rings is 1. The molecule has 1 aliphatic heterocycles. The summed E-state index contributed by atoms with van der Waals surface area (Å²) in [6.45, 7) is 2.80. The third-order valence-electron chi connectivity index (χ3n) is 5.78. The second kappa shape index (κ2) is 9.49. The van der Waals surface area contributed by atoms with Crippen LogP contribution in [0.5, 0.6) is 0 Å². The number of thioether (sulfide) groups is 1. The van der Waals surface area contributed by atoms with Gasteiger partial charge in [-0.05, 0) is 54.8 Å². The molecule has 0 spiro atoms. The number of fused-ring (bicyclic) bond motifs is 1. The molecule has 0 aliphatic carbocycles. The van der Waals surface area contributed by atoms with Crippen LogP contribution in [-0.2, 0) is 12.3 Å². The molecule has 3 heterocycles. The predicted molar refractivity (Wildman–Crippen MR) is 130 cm³/mol. The molecule has 4 aromatic rings. The molecule has 2 aromatic heterocycles. The summed E-state index contributed by atoms with van der Waals surface area (Å²) in [7, 11) is 0. The van der Waals surface area contributed by atoms with Gasteiger partial charge < -0.3 is 14.6 Å². The van der Waals surface area contributed by atoms with Crippen molar-refractivity contribution >= 4 is 29.0 Å². The maximum absolute atomic E-state index is 12.9. The Hall–Kier alpha value is -3.25. The second-order valence-electron chi connectivity index (χ2n) is 8.03. The zero-order valence-corrected chi connectivity index (χ0v) is 18.7. The van der Waals surface area contributed by atoms with Crippen LogP contribution in [0.2, 0.25) is 0 Å². The fourth-order valence-corrected chi connectivity index (χ4v) is 5.00. The van der Waals surface area contributed by atoms with E-state index < -0.39 is 0 Å². The fraction of sp³-hybridized carbons (Fsp3) is 0.231. The highest BCUT2D eigenvalue weighted by Crippen LogP contribution is 2.26. The lowest BCUT2D eigenvalue weighted by atomic mass is 10.1. The van der Waals surface area contributed by atoms with E-state index in [2.05, 4.69) is 39.5 Å². The Bertz CT molecular complexity index is 1180. The molecule has 6 heteroatoms. The number of rotatable bonds is 7. The first-order valence-electron chi connectivity index (χ1n) is 11.0. The number of nitrogens with zero attached hydrogens (tertiary/aromatic N) is 3. The Balaban J connectivity index is 1.21. The van der Waals surface area contributed by atoms with Crippen molar-refractivity contribution in [3.05, 3.63) is 95.9 Å². The maximum atomic E-state index is 12.9. The van der Waals surface area contributed by atoms with Crippen LogP contribution in [0.1, 0.15) is 34.5 Å². The molecular formula is C26H26N4OS. The van der Waals surface area contributed by atoms with Crippen LogP contribution in [-0.4, -0.2) is 28.4 Å². The monoisotopic (exact) mass is 442 g/mol. The molecule has 1 amide bonds. The van der Waals surface area contributed by atoms with Crippen molar-refractivity contribution in [2.45, 2.75) is 30.0 Å². The van der Waals surface area contributed by atoms with E-state index >= 15 is 0 Å². The number of carbonyl (C=O) groups is 1. The number of imidazole rings is 1. The van der Waals surface area contributed by atoms with E-state index in [0.717, 1.165) is 34.9 Å². The van der Waals surface area contributed by atoms with E-state index in [4.69, 9.17) is 0 Å². The highest BCUT2D eigenvalue weighted by Gasteiger charge is 2.14. The van der Waals surface area contributed by atoms with Crippen LogP contribution in [0.25, 0.3) is 5.65 Å². The largest absolute Gasteiger partial charge is 0.372 e. The average Bonchev–Trinajstić information content (AvgIpc) is 3.52. The van der Waals surface area contributed by atoms with E-state index in [0.29, 0.717) is 17.9 Å². The minimum Gasteiger partial charge on any atom is -0.372 e. The summed E-state index contributed by atoms with van der Waals surface area (Å²) in [6.07, 6.45) is 6.57. The van der Waals surface area contributed by atoms with Gasteiger partial charge in [0, 0.05) is 48.4 Å². The highest BCUT2D eigenvalue weighted by atomic mass is 32.2. The first-order chi connectivity index (χ1) is 15.8.